The molecule has 6 nitrogen and oxygen atoms in total. The first-order chi connectivity index (χ1) is 6.57. The molecule has 0 saturated carbocycles. The zero-order valence-electron chi connectivity index (χ0n) is 7.70. The van der Waals surface area contributed by atoms with Crippen LogP contribution in [0.1, 0.15) is 13.3 Å². The van der Waals surface area contributed by atoms with Crippen LogP contribution in [0.5, 0.6) is 0 Å². The van der Waals surface area contributed by atoms with Crippen molar-refractivity contribution in [2.75, 3.05) is 6.61 Å². The fraction of sp³-hybridized carbons (Fsp3) is 0.375. The summed E-state index contributed by atoms with van der Waals surface area (Å²) < 4.78 is 4.43. The molecule has 0 aliphatic heterocycles. The average Bonchev–Trinajstić information content (AvgIpc) is 2.14. The molecule has 0 aromatic rings. The summed E-state index contributed by atoms with van der Waals surface area (Å²) in [5, 5.41) is 8.11. The van der Waals surface area contributed by atoms with E-state index in [2.05, 4.69) is 16.2 Å². The van der Waals surface area contributed by atoms with Crippen molar-refractivity contribution in [3.8, 4) is 6.07 Å². The van der Waals surface area contributed by atoms with Crippen LogP contribution in [0, 0.1) is 11.3 Å². The lowest BCUT2D eigenvalue weighted by Crippen LogP contribution is -2.28. The standard InChI is InChI=1S/C8H10N2O4/c1-6(2)7(11)14-10-8(12)13-5-3-4-9/h1,3,5H2,2H3,(H,10,12). The Morgan fingerprint density at radius 2 is 2.21 bits per heavy atom. The van der Waals surface area contributed by atoms with Gasteiger partial charge in [-0.05, 0) is 6.92 Å². The Kier molecular flexibility index (Phi) is 5.54. The van der Waals surface area contributed by atoms with Crippen LogP contribution in [0.4, 0.5) is 4.79 Å². The van der Waals surface area contributed by atoms with Gasteiger partial charge in [0.05, 0.1) is 12.5 Å². The van der Waals surface area contributed by atoms with Crippen molar-refractivity contribution in [3.63, 3.8) is 0 Å². The molecular weight excluding hydrogens is 188 g/mol. The minimum atomic E-state index is -0.921. The number of rotatable bonds is 3. The molecule has 0 radical (unpaired) electrons. The van der Waals surface area contributed by atoms with Crippen LogP contribution < -0.4 is 5.48 Å². The highest BCUT2D eigenvalue weighted by Gasteiger charge is 2.07. The fourth-order valence-corrected chi connectivity index (χ4v) is 0.394. The molecule has 0 aliphatic carbocycles. The summed E-state index contributed by atoms with van der Waals surface area (Å²) >= 11 is 0. The lowest BCUT2D eigenvalue weighted by Gasteiger charge is -2.04. The third-order valence-corrected chi connectivity index (χ3v) is 1.02. The molecule has 6 heteroatoms. The van der Waals surface area contributed by atoms with Gasteiger partial charge >= 0.3 is 12.1 Å². The normalized spacial score (nSPS) is 8.29. The summed E-state index contributed by atoms with van der Waals surface area (Å²) in [4.78, 5) is 25.7. The molecule has 0 aromatic carbocycles. The Morgan fingerprint density at radius 3 is 2.71 bits per heavy atom. The minimum absolute atomic E-state index is 0.0487. The Morgan fingerprint density at radius 1 is 1.57 bits per heavy atom. The molecule has 0 aliphatic rings. The number of ether oxygens (including phenoxy) is 1. The Balaban J connectivity index is 3.60. The van der Waals surface area contributed by atoms with Crippen LogP contribution in [0.25, 0.3) is 0 Å². The zero-order chi connectivity index (χ0) is 11.0. The number of nitriles is 1. The minimum Gasteiger partial charge on any atom is -0.446 e. The molecule has 0 atom stereocenters. The van der Waals surface area contributed by atoms with Gasteiger partial charge in [0.25, 0.3) is 0 Å². The maximum atomic E-state index is 10.7. The van der Waals surface area contributed by atoms with Gasteiger partial charge in [-0.3, -0.25) is 0 Å². The van der Waals surface area contributed by atoms with E-state index in [-0.39, 0.29) is 18.6 Å². The highest BCUT2D eigenvalue weighted by atomic mass is 16.7. The van der Waals surface area contributed by atoms with Gasteiger partial charge in [-0.1, -0.05) is 6.58 Å². The highest BCUT2D eigenvalue weighted by Crippen LogP contribution is 1.89. The molecule has 76 valence electrons. The molecule has 0 bridgehead atoms. The molecule has 0 rings (SSSR count). The van der Waals surface area contributed by atoms with E-state index in [0.717, 1.165) is 0 Å². The van der Waals surface area contributed by atoms with E-state index >= 15 is 0 Å². The second-order valence-corrected chi connectivity index (χ2v) is 2.32. The Hall–Kier alpha value is -2.03. The predicted molar refractivity (Wildman–Crippen MR) is 45.6 cm³/mol. The van der Waals surface area contributed by atoms with Gasteiger partial charge in [-0.15, -0.1) is 5.48 Å². The summed E-state index contributed by atoms with van der Waals surface area (Å²) in [6.45, 7) is 4.69. The molecule has 0 fully saturated rings. The zero-order valence-corrected chi connectivity index (χ0v) is 7.70. The molecular formula is C8H10N2O4. The number of hydroxylamine groups is 1. The number of hydrogen-bond donors (Lipinski definition) is 1. The smallest absolute Gasteiger partial charge is 0.440 e. The molecule has 0 spiro atoms. The highest BCUT2D eigenvalue weighted by molar-refractivity contribution is 5.87. The van der Waals surface area contributed by atoms with Crippen molar-refractivity contribution in [2.24, 2.45) is 0 Å². The number of carbonyl (C=O) groups excluding carboxylic acids is 2. The second-order valence-electron chi connectivity index (χ2n) is 2.32. The summed E-state index contributed by atoms with van der Waals surface area (Å²) in [5.41, 5.74) is 1.90. The maximum Gasteiger partial charge on any atom is 0.440 e. The summed E-state index contributed by atoms with van der Waals surface area (Å²) in [5.74, 6) is -0.748. The molecule has 1 amide bonds. The van der Waals surface area contributed by atoms with Gasteiger partial charge in [0.15, 0.2) is 0 Å². The first-order valence-corrected chi connectivity index (χ1v) is 3.74. The second kappa shape index (κ2) is 6.48. The summed E-state index contributed by atoms with van der Waals surface area (Å²) in [6, 6.07) is 1.78. The number of hydrogen-bond acceptors (Lipinski definition) is 5. The van der Waals surface area contributed by atoms with Crippen molar-refractivity contribution in [3.05, 3.63) is 12.2 Å². The van der Waals surface area contributed by atoms with Crippen LogP contribution in [0.2, 0.25) is 0 Å². The van der Waals surface area contributed by atoms with E-state index in [1.807, 2.05) is 0 Å². The lowest BCUT2D eigenvalue weighted by molar-refractivity contribution is -0.144. The van der Waals surface area contributed by atoms with Crippen molar-refractivity contribution in [2.45, 2.75) is 13.3 Å². The van der Waals surface area contributed by atoms with Gasteiger partial charge in [0.1, 0.15) is 6.61 Å². The largest absolute Gasteiger partial charge is 0.446 e. The Labute approximate surface area is 81.1 Å². The van der Waals surface area contributed by atoms with Gasteiger partial charge < -0.3 is 9.57 Å². The third-order valence-electron chi connectivity index (χ3n) is 1.02. The van der Waals surface area contributed by atoms with E-state index in [4.69, 9.17) is 5.26 Å². The van der Waals surface area contributed by atoms with Crippen molar-refractivity contribution in [1.29, 1.82) is 5.26 Å². The number of nitrogens with zero attached hydrogens (tertiary/aromatic N) is 1. The summed E-state index contributed by atoms with van der Waals surface area (Å²) in [7, 11) is 0. The van der Waals surface area contributed by atoms with E-state index in [9.17, 15) is 9.59 Å². The quantitative estimate of drug-likeness (QED) is 0.409. The number of carbonyl (C=O) groups is 2. The number of amides is 1. The maximum absolute atomic E-state index is 10.7. The van der Waals surface area contributed by atoms with Crippen LogP contribution in [0.15, 0.2) is 12.2 Å². The van der Waals surface area contributed by atoms with E-state index < -0.39 is 12.1 Å². The molecule has 0 unspecified atom stereocenters. The fourth-order valence-electron chi connectivity index (χ4n) is 0.394. The number of nitrogens with one attached hydrogen (secondary N) is 1. The molecule has 0 heterocycles. The first-order valence-electron chi connectivity index (χ1n) is 3.74. The van der Waals surface area contributed by atoms with Crippen molar-refractivity contribution >= 4 is 12.1 Å². The van der Waals surface area contributed by atoms with Crippen LogP contribution in [-0.2, 0) is 14.4 Å². The van der Waals surface area contributed by atoms with Crippen molar-refractivity contribution < 1.29 is 19.2 Å². The van der Waals surface area contributed by atoms with Crippen LogP contribution in [0.3, 0.4) is 0 Å². The van der Waals surface area contributed by atoms with Crippen LogP contribution >= 0.6 is 0 Å². The van der Waals surface area contributed by atoms with Crippen LogP contribution in [-0.4, -0.2) is 18.7 Å². The van der Waals surface area contributed by atoms with E-state index in [1.165, 1.54) is 6.92 Å². The van der Waals surface area contributed by atoms with E-state index in [0.29, 0.717) is 0 Å². The monoisotopic (exact) mass is 198 g/mol. The SMILES string of the molecule is C=C(C)C(=O)ONC(=O)OCCC#N. The molecule has 1 N–H and O–H groups in total. The molecule has 14 heavy (non-hydrogen) atoms. The van der Waals surface area contributed by atoms with E-state index in [1.54, 1.807) is 11.5 Å². The molecule has 0 aromatic heterocycles. The topological polar surface area (TPSA) is 88.4 Å². The Bertz CT molecular complexity index is 280. The predicted octanol–water partition coefficient (Wildman–Crippen LogP) is 0.661. The van der Waals surface area contributed by atoms with Gasteiger partial charge in [0.2, 0.25) is 0 Å². The van der Waals surface area contributed by atoms with Gasteiger partial charge in [0, 0.05) is 5.57 Å². The lowest BCUT2D eigenvalue weighted by atomic mass is 10.4. The molecule has 0 saturated heterocycles. The van der Waals surface area contributed by atoms with Crippen molar-refractivity contribution in [1.82, 2.24) is 5.48 Å². The van der Waals surface area contributed by atoms with Gasteiger partial charge in [-0.25, -0.2) is 9.59 Å². The summed E-state index contributed by atoms with van der Waals surface area (Å²) in [6.07, 6.45) is -0.836. The van der Waals surface area contributed by atoms with Gasteiger partial charge in [-0.2, -0.15) is 5.26 Å². The first kappa shape index (κ1) is 12.0. The average molecular weight is 198 g/mol. The third kappa shape index (κ3) is 5.60.